The van der Waals surface area contributed by atoms with Crippen LogP contribution >= 0.6 is 11.8 Å². The van der Waals surface area contributed by atoms with Crippen molar-refractivity contribution < 1.29 is 52.6 Å². The van der Waals surface area contributed by atoms with Crippen molar-refractivity contribution in [3.8, 4) is 28.0 Å². The van der Waals surface area contributed by atoms with E-state index >= 15 is 0 Å². The van der Waals surface area contributed by atoms with Crippen LogP contribution in [0.3, 0.4) is 0 Å². The highest BCUT2D eigenvalue weighted by Gasteiger charge is 2.50. The number of nitrogens with one attached hydrogen (secondary N) is 6. The van der Waals surface area contributed by atoms with Crippen molar-refractivity contribution in [3.63, 3.8) is 0 Å². The third-order valence-corrected chi connectivity index (χ3v) is 30.9. The van der Waals surface area contributed by atoms with Crippen molar-refractivity contribution in [2.45, 2.75) is 165 Å². The molecule has 0 bridgehead atoms. The molecule has 12 atom stereocenters. The van der Waals surface area contributed by atoms with E-state index in [2.05, 4.69) is 189 Å². The zero-order valence-corrected chi connectivity index (χ0v) is 87.1. The molecular formula is C120H150N14O11S. The highest BCUT2D eigenvalue weighted by Crippen LogP contribution is 2.62. The molecule has 1 aromatic heterocycles. The molecule has 772 valence electrons. The van der Waals surface area contributed by atoms with Gasteiger partial charge in [-0.25, -0.2) is 0 Å². The van der Waals surface area contributed by atoms with Crippen molar-refractivity contribution in [2.24, 2.45) is 11.3 Å². The molecule has 4 saturated carbocycles. The van der Waals surface area contributed by atoms with Gasteiger partial charge in [-0.3, -0.25) is 43.3 Å². The molecule has 146 heavy (non-hydrogen) atoms. The summed E-state index contributed by atoms with van der Waals surface area (Å²) in [6.07, 6.45) is 13.9. The zero-order valence-electron chi connectivity index (χ0n) is 86.3. The molecule has 5 heterocycles. The molecule has 18 rings (SSSR count). The quantitative estimate of drug-likeness (QED) is 0.0153. The van der Waals surface area contributed by atoms with Gasteiger partial charge >= 0.3 is 0 Å². The van der Waals surface area contributed by atoms with Gasteiger partial charge in [-0.15, -0.1) is 11.8 Å². The monoisotopic (exact) mass is 2000 g/mol. The summed E-state index contributed by atoms with van der Waals surface area (Å²) in [6.45, 7) is 22.8. The van der Waals surface area contributed by atoms with Gasteiger partial charge in [0.2, 0.25) is 23.6 Å². The number of likely N-dealkylation sites (tertiary alicyclic amines) is 1. The zero-order chi connectivity index (χ0) is 102. The number of aromatic nitrogens is 1. The van der Waals surface area contributed by atoms with Gasteiger partial charge in [0.05, 0.1) is 20.3 Å². The van der Waals surface area contributed by atoms with Gasteiger partial charge in [-0.1, -0.05) is 225 Å². The first-order valence-corrected chi connectivity index (χ1v) is 54.0. The Hall–Kier alpha value is -12.2. The third kappa shape index (κ3) is 32.1. The van der Waals surface area contributed by atoms with Crippen molar-refractivity contribution in [1.82, 2.24) is 71.2 Å². The molecule has 8 amide bonds. The lowest BCUT2D eigenvalue weighted by Crippen LogP contribution is -2.55. The number of carbonyl (C=O) groups is 8. The maximum Gasteiger partial charge on any atom is 0.270 e. The lowest BCUT2D eigenvalue weighted by molar-refractivity contribution is -0.137. The van der Waals surface area contributed by atoms with E-state index in [0.717, 1.165) is 157 Å². The van der Waals surface area contributed by atoms with E-state index in [1.165, 1.54) is 46.2 Å². The average molecular weight is 2000 g/mol. The second kappa shape index (κ2) is 54.4. The average Bonchev–Trinajstić information content (AvgIpc) is 1.60. The Labute approximate surface area is 868 Å². The van der Waals surface area contributed by atoms with Crippen molar-refractivity contribution in [3.05, 3.63) is 323 Å². The molecule has 4 saturated heterocycles. The first-order chi connectivity index (χ1) is 71.1. The van der Waals surface area contributed by atoms with Gasteiger partial charge in [-0.2, -0.15) is 0 Å². The predicted octanol–water partition coefficient (Wildman–Crippen LogP) is 16.2. The molecule has 8 fully saturated rings. The van der Waals surface area contributed by atoms with Crippen LogP contribution in [0.25, 0.3) is 22.3 Å². The molecule has 4 aliphatic carbocycles. The van der Waals surface area contributed by atoms with Gasteiger partial charge in [0.25, 0.3) is 23.6 Å². The molecule has 26 heteroatoms. The Morgan fingerprint density at radius 1 is 0.418 bits per heavy atom. The van der Waals surface area contributed by atoms with Gasteiger partial charge in [-0.05, 0) is 246 Å². The van der Waals surface area contributed by atoms with Gasteiger partial charge in [0, 0.05) is 163 Å². The van der Waals surface area contributed by atoms with E-state index in [9.17, 15) is 38.4 Å². The van der Waals surface area contributed by atoms with Crippen molar-refractivity contribution in [2.75, 3.05) is 164 Å². The Morgan fingerprint density at radius 2 is 0.842 bits per heavy atom. The standard InChI is InChI=1S/C34H42N4O2.C34H41N3O3.C27H36N4O4.C25H31N3O2S/c1-3-37-20-22-38(23-21-37)34(40)31(10-7-19-35-32-24-30(32)28-13-11-25(2)12-14-28)36-33(39)29-17-15-27(16-18-29)26-8-5-4-6-9-26;1-34(24-30(34)28-12-7-4-8-13-28)18-9-23-40-25-31(33(39)37-21-19-36(2)20-22-37)35-32(38)29-16-14-27(15-17-29)26-10-5-3-6-11-26;1-30-13-15-31(16-14-30)27(33)25(29-26(32)24-7-3-4-12-28-24)19-35-17-5-6-21-18-23(21)20-8-10-22(34-2)11-9-20;1-18-9-11-19(12-10-18)21-15-22(21)26-17-31-16-23(25(30)28-13-5-6-14-28)27-24(29)20-7-3-2-4-8-20/h4-6,8-9,11-18,30-32,35H,3,7,10,19-24H2,1-2H3,(H,36,39);3-8,10-17,30-31H,9,18-25H2,1-2H3,(H,35,38);3-4,7-12,21,23,25H,5-6,13-19H2,1-2H3,(H,29,32);2-4,7-12,21-23,26H,5-6,13-17H2,1H3,(H,27,29)/t30-,31-,32?;30-,31-,34?;21?,23-,25-;21-,22?,23-/m0000/s1. The predicted molar refractivity (Wildman–Crippen MR) is 580 cm³/mol. The molecule has 6 N–H and O–H groups in total. The van der Waals surface area contributed by atoms with Crippen LogP contribution < -0.4 is 36.6 Å². The summed E-state index contributed by atoms with van der Waals surface area (Å²) in [5, 5.41) is 19.2. The van der Waals surface area contributed by atoms with Crippen LogP contribution in [-0.4, -0.2) is 287 Å². The summed E-state index contributed by atoms with van der Waals surface area (Å²) >= 11 is 1.68. The fourth-order valence-electron chi connectivity index (χ4n) is 20.2. The molecular weight excluding hydrogens is 1850 g/mol. The van der Waals surface area contributed by atoms with E-state index in [1.54, 1.807) is 55.4 Å². The highest BCUT2D eigenvalue weighted by atomic mass is 32.2. The van der Waals surface area contributed by atoms with Gasteiger partial charge in [0.15, 0.2) is 0 Å². The minimum absolute atomic E-state index is 0.0361. The maximum atomic E-state index is 13.6. The summed E-state index contributed by atoms with van der Waals surface area (Å²) in [6, 6.07) is 84.8. The molecule has 0 radical (unpaired) electrons. The van der Waals surface area contributed by atoms with Crippen LogP contribution in [0.4, 0.5) is 0 Å². The Balaban J connectivity index is 0.000000147. The molecule has 4 aliphatic heterocycles. The van der Waals surface area contributed by atoms with E-state index in [1.807, 2.05) is 154 Å². The number of amides is 8. The Morgan fingerprint density at radius 3 is 1.35 bits per heavy atom. The Bertz CT molecular complexity index is 5760. The van der Waals surface area contributed by atoms with Crippen LogP contribution in [0, 0.1) is 25.2 Å². The van der Waals surface area contributed by atoms with Crippen LogP contribution in [0.5, 0.6) is 5.75 Å². The van der Waals surface area contributed by atoms with Crippen LogP contribution in [0.15, 0.2) is 267 Å². The van der Waals surface area contributed by atoms with Crippen molar-refractivity contribution >= 4 is 59.0 Å². The van der Waals surface area contributed by atoms with E-state index in [-0.39, 0.29) is 60.5 Å². The molecule has 4 unspecified atom stereocenters. The van der Waals surface area contributed by atoms with E-state index in [0.29, 0.717) is 134 Å². The molecule has 25 nitrogen and oxygen atoms in total. The van der Waals surface area contributed by atoms with Crippen LogP contribution in [0.2, 0.25) is 0 Å². The number of carbonyl (C=O) groups excluding carboxylic acids is 8. The van der Waals surface area contributed by atoms with Crippen molar-refractivity contribution in [1.29, 1.82) is 0 Å². The topological polar surface area (TPSA) is 272 Å². The number of nitrogens with zero attached hydrogens (tertiary/aromatic N) is 8. The van der Waals surface area contributed by atoms with Crippen LogP contribution in [0.1, 0.15) is 190 Å². The smallest absolute Gasteiger partial charge is 0.270 e. The minimum atomic E-state index is -0.721. The summed E-state index contributed by atoms with van der Waals surface area (Å²) in [5.41, 5.74) is 14.8. The number of hydrogen-bond acceptors (Lipinski definition) is 18. The number of thioether (sulfide) groups is 1. The second-order valence-corrected chi connectivity index (χ2v) is 41.8. The molecule has 0 spiro atoms. The number of hydrogen-bond donors (Lipinski definition) is 6. The number of likely N-dealkylation sites (N-methyl/N-ethyl adjacent to an activating group) is 3. The van der Waals surface area contributed by atoms with E-state index in [4.69, 9.17) is 14.2 Å². The Kier molecular flexibility index (Phi) is 40.3. The first-order valence-electron chi connectivity index (χ1n) is 52.9. The lowest BCUT2D eigenvalue weighted by atomic mass is 9.96. The number of pyridine rings is 1. The number of aryl methyl sites for hydroxylation is 2. The fraction of sp³-hybridized carbons (Fsp3) is 0.442. The maximum absolute atomic E-state index is 13.6. The number of piperazine rings is 3. The van der Waals surface area contributed by atoms with Crippen LogP contribution in [-0.2, 0) is 28.7 Å². The first kappa shape index (κ1) is 108. The lowest BCUT2D eigenvalue weighted by Gasteiger charge is -2.36. The fourth-order valence-corrected chi connectivity index (χ4v) is 21.1. The minimum Gasteiger partial charge on any atom is -0.497 e. The highest BCUT2D eigenvalue weighted by molar-refractivity contribution is 7.99. The molecule has 9 aromatic carbocycles. The summed E-state index contributed by atoms with van der Waals surface area (Å²) < 4.78 is 17.2. The van der Waals surface area contributed by atoms with Gasteiger partial charge in [0.1, 0.15) is 35.6 Å². The summed E-state index contributed by atoms with van der Waals surface area (Å²) in [7, 11) is 5.79. The summed E-state index contributed by atoms with van der Waals surface area (Å²) in [4.78, 5) is 123. The van der Waals surface area contributed by atoms with E-state index < -0.39 is 24.2 Å². The normalized spacial score (nSPS) is 20.7. The number of methoxy groups -OCH3 is 1. The largest absolute Gasteiger partial charge is 0.497 e. The number of benzene rings is 9. The SMILES string of the molecule is CCN1CCN(C(=O)[C@H](CCCNC2C[C@H]2c2ccc(C)cc2)NC(=O)c2ccc(-c3ccccc3)cc2)CC1.CN1CCN(C(=O)[C@H](COCCCC2(C)C[C@H]2c2ccccc2)NC(=O)c2ccc(-c3ccccc3)cc2)CC1.COc1ccc([C@@H]2CC2CCCOC[C@H](NC(=O)c2ccccn2)C(=O)N2CCN(C)CC2)cc1.Cc1ccc([C@@H]2CC2NCSC[C@H](NC(=O)c2ccccc2)C(=O)N2CCCC2)cc1. The third-order valence-electron chi connectivity index (χ3n) is 29.9. The number of ether oxygens (including phenoxy) is 3. The molecule has 8 aliphatic rings. The number of rotatable bonds is 42. The molecule has 10 aromatic rings. The van der Waals surface area contributed by atoms with Gasteiger partial charge < -0.3 is 80.4 Å². The summed E-state index contributed by atoms with van der Waals surface area (Å²) in [5.74, 6) is 4.22. The second-order valence-electron chi connectivity index (χ2n) is 40.7.